The van der Waals surface area contributed by atoms with Crippen molar-refractivity contribution in [3.8, 4) is 0 Å². The highest BCUT2D eigenvalue weighted by Crippen LogP contribution is 2.58. The van der Waals surface area contributed by atoms with Gasteiger partial charge >= 0.3 is 0 Å². The summed E-state index contributed by atoms with van der Waals surface area (Å²) in [5.74, 6) is 1.73. The van der Waals surface area contributed by atoms with Crippen LogP contribution in [-0.2, 0) is 4.79 Å². The molecule has 1 saturated carbocycles. The smallest absolute Gasteiger partial charge is 0.155 e. The van der Waals surface area contributed by atoms with Gasteiger partial charge < -0.3 is 0 Å². The minimum absolute atomic E-state index is 0.325. The first-order chi connectivity index (χ1) is 6.31. The molecule has 0 bridgehead atoms. The second-order valence-corrected chi connectivity index (χ2v) is 4.66. The lowest BCUT2D eigenvalue weighted by molar-refractivity contribution is -0.118. The molecule has 3 atom stereocenters. The van der Waals surface area contributed by atoms with Gasteiger partial charge in [0.2, 0.25) is 0 Å². The molecule has 3 aliphatic rings. The number of hydrogen-bond acceptors (Lipinski definition) is 1. The number of ketones is 1. The van der Waals surface area contributed by atoms with Crippen molar-refractivity contribution in [2.24, 2.45) is 17.3 Å². The second-order valence-electron chi connectivity index (χ2n) is 4.66. The molecule has 3 rings (SSSR count). The van der Waals surface area contributed by atoms with E-state index in [0.29, 0.717) is 23.0 Å². The lowest BCUT2D eigenvalue weighted by atomic mass is 9.67. The molecular weight excluding hydrogens is 160 g/mol. The number of hydrogen-bond donors (Lipinski definition) is 0. The second kappa shape index (κ2) is 2.34. The van der Waals surface area contributed by atoms with Crippen LogP contribution in [0.2, 0.25) is 0 Å². The van der Waals surface area contributed by atoms with Gasteiger partial charge in [0, 0.05) is 6.42 Å². The van der Waals surface area contributed by atoms with Crippen LogP contribution < -0.4 is 0 Å². The van der Waals surface area contributed by atoms with Crippen molar-refractivity contribution in [2.45, 2.75) is 25.7 Å². The number of rotatable bonds is 0. The molecule has 0 heterocycles. The highest BCUT2D eigenvalue weighted by molar-refractivity contribution is 5.91. The van der Waals surface area contributed by atoms with E-state index in [9.17, 15) is 4.79 Å². The molecule has 0 aliphatic heterocycles. The Morgan fingerprint density at radius 2 is 2.00 bits per heavy atom. The average Bonchev–Trinajstić information content (AvgIpc) is 2.59. The van der Waals surface area contributed by atoms with Gasteiger partial charge in [-0.25, -0.2) is 0 Å². The van der Waals surface area contributed by atoms with Gasteiger partial charge in [0.1, 0.15) is 0 Å². The van der Waals surface area contributed by atoms with E-state index in [1.807, 2.05) is 0 Å². The molecule has 0 amide bonds. The number of carbonyl (C=O) groups is 1. The van der Waals surface area contributed by atoms with Gasteiger partial charge in [-0.05, 0) is 42.6 Å². The summed E-state index contributed by atoms with van der Waals surface area (Å²) in [6.45, 7) is 0. The molecule has 0 aromatic rings. The van der Waals surface area contributed by atoms with Crippen molar-refractivity contribution in [3.63, 3.8) is 0 Å². The Labute approximate surface area is 78.5 Å². The van der Waals surface area contributed by atoms with Crippen molar-refractivity contribution >= 4 is 5.78 Å². The Balaban J connectivity index is 2.04. The third-order valence-corrected chi connectivity index (χ3v) is 4.15. The van der Waals surface area contributed by atoms with Gasteiger partial charge in [-0.15, -0.1) is 0 Å². The van der Waals surface area contributed by atoms with Crippen LogP contribution in [0.25, 0.3) is 0 Å². The van der Waals surface area contributed by atoms with E-state index >= 15 is 0 Å². The molecule has 1 spiro atoms. The minimum Gasteiger partial charge on any atom is -0.295 e. The largest absolute Gasteiger partial charge is 0.295 e. The molecule has 3 aliphatic carbocycles. The summed E-state index contributed by atoms with van der Waals surface area (Å²) >= 11 is 0. The summed E-state index contributed by atoms with van der Waals surface area (Å²) in [5.41, 5.74) is 0.325. The van der Waals surface area contributed by atoms with Crippen LogP contribution in [0.3, 0.4) is 0 Å². The molecule has 0 N–H and O–H groups in total. The van der Waals surface area contributed by atoms with E-state index in [4.69, 9.17) is 0 Å². The van der Waals surface area contributed by atoms with E-state index in [0.717, 1.165) is 12.8 Å². The quantitative estimate of drug-likeness (QED) is 0.516. The van der Waals surface area contributed by atoms with Crippen LogP contribution in [0, 0.1) is 17.3 Å². The van der Waals surface area contributed by atoms with E-state index in [2.05, 4.69) is 18.2 Å². The first-order valence-electron chi connectivity index (χ1n) is 5.19. The Morgan fingerprint density at radius 1 is 1.23 bits per heavy atom. The summed E-state index contributed by atoms with van der Waals surface area (Å²) in [7, 11) is 0. The summed E-state index contributed by atoms with van der Waals surface area (Å²) in [6.07, 6.45) is 13.1. The fourth-order valence-corrected chi connectivity index (χ4v) is 3.48. The third kappa shape index (κ3) is 0.849. The molecule has 0 radical (unpaired) electrons. The molecule has 0 saturated heterocycles. The molecular formula is C12H14O. The van der Waals surface area contributed by atoms with Crippen molar-refractivity contribution in [2.75, 3.05) is 0 Å². The first kappa shape index (κ1) is 7.54. The molecule has 0 unspecified atom stereocenters. The van der Waals surface area contributed by atoms with Gasteiger partial charge in [-0.3, -0.25) is 4.79 Å². The first-order valence-corrected chi connectivity index (χ1v) is 5.19. The van der Waals surface area contributed by atoms with Crippen molar-refractivity contribution < 1.29 is 4.79 Å². The average molecular weight is 174 g/mol. The Bertz CT molecular complexity index is 313. The fourth-order valence-electron chi connectivity index (χ4n) is 3.48. The Morgan fingerprint density at radius 3 is 2.85 bits per heavy atom. The van der Waals surface area contributed by atoms with Gasteiger partial charge in [-0.2, -0.15) is 0 Å². The highest BCUT2D eigenvalue weighted by atomic mass is 16.1. The third-order valence-electron chi connectivity index (χ3n) is 4.15. The van der Waals surface area contributed by atoms with Crippen molar-refractivity contribution in [1.29, 1.82) is 0 Å². The van der Waals surface area contributed by atoms with Crippen LogP contribution >= 0.6 is 0 Å². The van der Waals surface area contributed by atoms with Crippen molar-refractivity contribution in [3.05, 3.63) is 24.3 Å². The van der Waals surface area contributed by atoms with Crippen LogP contribution in [0.5, 0.6) is 0 Å². The predicted octanol–water partition coefficient (Wildman–Crippen LogP) is 2.49. The van der Waals surface area contributed by atoms with E-state index in [-0.39, 0.29) is 0 Å². The summed E-state index contributed by atoms with van der Waals surface area (Å²) in [4.78, 5) is 11.4. The van der Waals surface area contributed by atoms with Gasteiger partial charge in [-0.1, -0.05) is 18.2 Å². The van der Waals surface area contributed by atoms with Crippen LogP contribution in [0.4, 0.5) is 0 Å². The molecule has 1 heteroatoms. The lowest BCUT2D eigenvalue weighted by Gasteiger charge is -2.36. The monoisotopic (exact) mass is 174 g/mol. The standard InChI is InChI=1S/C12H14O/c13-11-6-5-10-4-3-9-2-1-7-12(9,10)8-11/h1-2,5-6,9-10H,3-4,7-8H2/t9-,10-,12+/m0/s1. The van der Waals surface area contributed by atoms with Gasteiger partial charge in [0.05, 0.1) is 0 Å². The summed E-state index contributed by atoms with van der Waals surface area (Å²) in [5, 5.41) is 0. The molecule has 1 fully saturated rings. The van der Waals surface area contributed by atoms with E-state index in [1.54, 1.807) is 6.08 Å². The fraction of sp³-hybridized carbons (Fsp3) is 0.583. The molecule has 0 aromatic heterocycles. The Kier molecular flexibility index (Phi) is 1.36. The topological polar surface area (TPSA) is 17.1 Å². The zero-order chi connectivity index (χ0) is 8.89. The molecule has 0 aromatic carbocycles. The zero-order valence-electron chi connectivity index (χ0n) is 7.70. The van der Waals surface area contributed by atoms with Gasteiger partial charge in [0.25, 0.3) is 0 Å². The number of allylic oxidation sites excluding steroid dienone is 4. The summed E-state index contributed by atoms with van der Waals surface area (Å²) in [6, 6.07) is 0. The maximum atomic E-state index is 11.4. The maximum absolute atomic E-state index is 11.4. The minimum atomic E-state index is 0.325. The van der Waals surface area contributed by atoms with Crippen LogP contribution in [-0.4, -0.2) is 5.78 Å². The van der Waals surface area contributed by atoms with E-state index in [1.165, 1.54) is 12.8 Å². The van der Waals surface area contributed by atoms with Crippen LogP contribution in [0.1, 0.15) is 25.7 Å². The zero-order valence-corrected chi connectivity index (χ0v) is 7.70. The normalized spacial score (nSPS) is 46.6. The molecule has 68 valence electrons. The van der Waals surface area contributed by atoms with Crippen molar-refractivity contribution in [1.82, 2.24) is 0 Å². The van der Waals surface area contributed by atoms with E-state index < -0.39 is 0 Å². The number of carbonyl (C=O) groups excluding carboxylic acids is 1. The lowest BCUT2D eigenvalue weighted by Crippen LogP contribution is -2.32. The predicted molar refractivity (Wildman–Crippen MR) is 51.2 cm³/mol. The Hall–Kier alpha value is -0.850. The molecule has 1 nitrogen and oxygen atoms in total. The summed E-state index contributed by atoms with van der Waals surface area (Å²) < 4.78 is 0. The maximum Gasteiger partial charge on any atom is 0.155 e. The van der Waals surface area contributed by atoms with Crippen LogP contribution in [0.15, 0.2) is 24.3 Å². The highest BCUT2D eigenvalue weighted by Gasteiger charge is 2.51. The SMILES string of the molecule is O=C1C=C[C@@H]2CC[C@@H]3C=CC[C@]23C1. The van der Waals surface area contributed by atoms with Gasteiger partial charge in [0.15, 0.2) is 5.78 Å². The molecule has 13 heavy (non-hydrogen) atoms.